The van der Waals surface area contributed by atoms with Crippen molar-refractivity contribution in [2.24, 2.45) is 0 Å². The maximum atomic E-state index is 5.43. The van der Waals surface area contributed by atoms with Crippen LogP contribution in [0.3, 0.4) is 0 Å². The van der Waals surface area contributed by atoms with E-state index in [1.165, 1.54) is 10.8 Å². The first-order chi connectivity index (χ1) is 8.07. The van der Waals surface area contributed by atoms with Crippen LogP contribution in [0.15, 0.2) is 40.9 Å². The Labute approximate surface area is 100 Å². The third kappa shape index (κ3) is 1.52. The molecule has 0 atom stereocenters. The summed E-state index contributed by atoms with van der Waals surface area (Å²) in [4.78, 5) is 0. The fraction of sp³-hybridized carbons (Fsp3) is 0.267. The Hall–Kier alpha value is -1.83. The molecule has 1 aromatic heterocycles. The molecule has 0 aliphatic rings. The van der Waals surface area contributed by atoms with Crippen molar-refractivity contribution in [1.29, 1.82) is 0 Å². The molecule has 2 aromatic carbocycles. The van der Waals surface area contributed by atoms with Gasteiger partial charge in [0, 0.05) is 5.41 Å². The van der Waals surface area contributed by atoms with Gasteiger partial charge in [-0.15, -0.1) is 0 Å². The molecule has 1 heterocycles. The summed E-state index contributed by atoms with van der Waals surface area (Å²) in [5.41, 5.74) is 1.90. The van der Waals surface area contributed by atoms with Crippen LogP contribution in [0.5, 0.6) is 0 Å². The average Bonchev–Trinajstić information content (AvgIpc) is 2.72. The molecule has 0 saturated carbocycles. The van der Waals surface area contributed by atoms with E-state index < -0.39 is 0 Å². The average molecular weight is 225 g/mol. The molecular weight excluding hydrogens is 210 g/mol. The molecule has 3 rings (SSSR count). The van der Waals surface area contributed by atoms with Crippen LogP contribution in [-0.4, -0.2) is 5.16 Å². The van der Waals surface area contributed by atoms with E-state index in [-0.39, 0.29) is 5.41 Å². The van der Waals surface area contributed by atoms with Crippen LogP contribution < -0.4 is 0 Å². The lowest BCUT2D eigenvalue weighted by Gasteiger charge is -2.15. The summed E-state index contributed by atoms with van der Waals surface area (Å²) < 4.78 is 5.43. The van der Waals surface area contributed by atoms with Crippen molar-refractivity contribution >= 4 is 21.7 Å². The zero-order chi connectivity index (χ0) is 12.0. The minimum atomic E-state index is -0.00459. The monoisotopic (exact) mass is 225 g/mol. The molecule has 0 unspecified atom stereocenters. The third-order valence-corrected chi connectivity index (χ3v) is 3.07. The lowest BCUT2D eigenvalue weighted by molar-refractivity contribution is 0.419. The number of benzene rings is 2. The normalized spacial score (nSPS) is 12.4. The summed E-state index contributed by atoms with van der Waals surface area (Å²) in [6.07, 6.45) is 0. The minimum absolute atomic E-state index is 0.00459. The molecule has 0 bridgehead atoms. The van der Waals surface area contributed by atoms with Gasteiger partial charge < -0.3 is 4.52 Å². The number of rotatable bonds is 0. The van der Waals surface area contributed by atoms with Crippen molar-refractivity contribution in [1.82, 2.24) is 5.16 Å². The number of fused-ring (bicyclic) bond motifs is 3. The smallest absolute Gasteiger partial charge is 0.167 e. The van der Waals surface area contributed by atoms with Gasteiger partial charge in [-0.05, 0) is 16.8 Å². The summed E-state index contributed by atoms with van der Waals surface area (Å²) in [5, 5.41) is 7.84. The maximum Gasteiger partial charge on any atom is 0.167 e. The van der Waals surface area contributed by atoms with Gasteiger partial charge in [0.05, 0.1) is 11.1 Å². The van der Waals surface area contributed by atoms with Gasteiger partial charge in [0.25, 0.3) is 0 Å². The van der Waals surface area contributed by atoms with Crippen LogP contribution in [-0.2, 0) is 5.41 Å². The quantitative estimate of drug-likeness (QED) is 0.570. The summed E-state index contributed by atoms with van der Waals surface area (Å²) in [6.45, 7) is 6.48. The first kappa shape index (κ1) is 10.3. The second kappa shape index (κ2) is 3.33. The lowest BCUT2D eigenvalue weighted by Crippen LogP contribution is -2.11. The number of nitrogens with zero attached hydrogens (tertiary/aromatic N) is 1. The summed E-state index contributed by atoms with van der Waals surface area (Å²) in [6, 6.07) is 12.4. The Morgan fingerprint density at radius 2 is 1.76 bits per heavy atom. The van der Waals surface area contributed by atoms with E-state index in [1.54, 1.807) is 0 Å². The van der Waals surface area contributed by atoms with Crippen molar-refractivity contribution in [2.45, 2.75) is 26.2 Å². The fourth-order valence-electron chi connectivity index (χ4n) is 2.22. The first-order valence-electron chi connectivity index (χ1n) is 5.85. The van der Waals surface area contributed by atoms with E-state index in [4.69, 9.17) is 4.52 Å². The van der Waals surface area contributed by atoms with Crippen molar-refractivity contribution in [3.63, 3.8) is 0 Å². The number of hydrogen-bond acceptors (Lipinski definition) is 2. The van der Waals surface area contributed by atoms with Crippen LogP contribution in [0.2, 0.25) is 0 Å². The van der Waals surface area contributed by atoms with Crippen LogP contribution in [0.1, 0.15) is 26.5 Å². The predicted octanol–water partition coefficient (Wildman–Crippen LogP) is 4.28. The van der Waals surface area contributed by atoms with Crippen molar-refractivity contribution in [3.05, 3.63) is 42.1 Å². The molecule has 2 heteroatoms. The van der Waals surface area contributed by atoms with Gasteiger partial charge >= 0.3 is 0 Å². The molecule has 0 amide bonds. The van der Waals surface area contributed by atoms with E-state index >= 15 is 0 Å². The van der Waals surface area contributed by atoms with Crippen molar-refractivity contribution in [3.8, 4) is 0 Å². The summed E-state index contributed by atoms with van der Waals surface area (Å²) in [7, 11) is 0. The topological polar surface area (TPSA) is 26.0 Å². The molecule has 0 N–H and O–H groups in total. The first-order valence-corrected chi connectivity index (χ1v) is 5.85. The van der Waals surface area contributed by atoms with Gasteiger partial charge in [-0.25, -0.2) is 0 Å². The van der Waals surface area contributed by atoms with Gasteiger partial charge in [0.2, 0.25) is 0 Å². The maximum absolute atomic E-state index is 5.43. The summed E-state index contributed by atoms with van der Waals surface area (Å²) >= 11 is 0. The van der Waals surface area contributed by atoms with E-state index in [0.717, 1.165) is 16.7 Å². The third-order valence-electron chi connectivity index (χ3n) is 3.07. The van der Waals surface area contributed by atoms with Crippen LogP contribution in [0.25, 0.3) is 21.7 Å². The molecule has 0 radical (unpaired) electrons. The molecular formula is C15H15NO. The zero-order valence-electron chi connectivity index (χ0n) is 10.3. The molecule has 0 aliphatic carbocycles. The van der Waals surface area contributed by atoms with Gasteiger partial charge in [0.15, 0.2) is 5.58 Å². The highest BCUT2D eigenvalue weighted by atomic mass is 16.5. The summed E-state index contributed by atoms with van der Waals surface area (Å²) in [5.74, 6) is 0. The molecule has 0 fully saturated rings. The Morgan fingerprint density at radius 1 is 1.00 bits per heavy atom. The molecule has 0 spiro atoms. The minimum Gasteiger partial charge on any atom is -0.356 e. The second-order valence-corrected chi connectivity index (χ2v) is 5.44. The Kier molecular flexibility index (Phi) is 2.02. The largest absolute Gasteiger partial charge is 0.356 e. The van der Waals surface area contributed by atoms with Gasteiger partial charge in [-0.3, -0.25) is 0 Å². The van der Waals surface area contributed by atoms with Crippen LogP contribution >= 0.6 is 0 Å². The Balaban J connectivity index is 2.51. The van der Waals surface area contributed by atoms with E-state index in [1.807, 2.05) is 6.07 Å². The van der Waals surface area contributed by atoms with Gasteiger partial charge in [-0.1, -0.05) is 56.3 Å². The van der Waals surface area contributed by atoms with Gasteiger partial charge in [0.1, 0.15) is 0 Å². The van der Waals surface area contributed by atoms with E-state index in [2.05, 4.69) is 56.3 Å². The molecule has 86 valence electrons. The molecule has 17 heavy (non-hydrogen) atoms. The highest BCUT2D eigenvalue weighted by Gasteiger charge is 2.23. The predicted molar refractivity (Wildman–Crippen MR) is 70.2 cm³/mol. The molecule has 0 saturated heterocycles. The van der Waals surface area contributed by atoms with E-state index in [9.17, 15) is 0 Å². The van der Waals surface area contributed by atoms with Crippen LogP contribution in [0, 0.1) is 0 Å². The molecule has 0 aliphatic heterocycles. The highest BCUT2D eigenvalue weighted by molar-refractivity contribution is 6.07. The number of aromatic nitrogens is 1. The second-order valence-electron chi connectivity index (χ2n) is 5.44. The van der Waals surface area contributed by atoms with E-state index in [0.29, 0.717) is 0 Å². The fourth-order valence-corrected chi connectivity index (χ4v) is 2.22. The van der Waals surface area contributed by atoms with Crippen LogP contribution in [0.4, 0.5) is 0 Å². The Morgan fingerprint density at radius 3 is 2.53 bits per heavy atom. The SMILES string of the molecule is CC(C)(C)c1noc2ccc3ccccc3c12. The van der Waals surface area contributed by atoms with Crippen molar-refractivity contribution in [2.75, 3.05) is 0 Å². The lowest BCUT2D eigenvalue weighted by atomic mass is 9.88. The van der Waals surface area contributed by atoms with Crippen molar-refractivity contribution < 1.29 is 4.52 Å². The number of hydrogen-bond donors (Lipinski definition) is 0. The zero-order valence-corrected chi connectivity index (χ0v) is 10.3. The standard InChI is InChI=1S/C15H15NO/c1-15(2,3)14-13-11-7-5-4-6-10(11)8-9-12(13)17-16-14/h4-9H,1-3H3. The highest BCUT2D eigenvalue weighted by Crippen LogP contribution is 2.34. The molecule has 2 nitrogen and oxygen atoms in total. The Bertz CT molecular complexity index is 689. The molecule has 3 aromatic rings. The van der Waals surface area contributed by atoms with Gasteiger partial charge in [-0.2, -0.15) is 0 Å².